The summed E-state index contributed by atoms with van der Waals surface area (Å²) in [6.45, 7) is 7.82. The van der Waals surface area contributed by atoms with E-state index in [4.69, 9.17) is 18.6 Å². The lowest BCUT2D eigenvalue weighted by atomic mass is 10.1. The molecule has 1 aromatic heterocycles. The van der Waals surface area contributed by atoms with E-state index in [1.807, 2.05) is 13.0 Å². The first-order valence-electron chi connectivity index (χ1n) is 9.75. The van der Waals surface area contributed by atoms with E-state index >= 15 is 0 Å². The molecule has 7 heteroatoms. The molecule has 2 rings (SSSR count). The van der Waals surface area contributed by atoms with E-state index < -0.39 is 5.63 Å². The molecule has 0 amide bonds. The average molecular weight is 416 g/mol. The van der Waals surface area contributed by atoms with E-state index in [9.17, 15) is 14.7 Å². The summed E-state index contributed by atoms with van der Waals surface area (Å²) >= 11 is 0. The van der Waals surface area contributed by atoms with Crippen LogP contribution in [0.15, 0.2) is 50.7 Å². The van der Waals surface area contributed by atoms with Gasteiger partial charge in [-0.2, -0.15) is 0 Å². The number of benzene rings is 1. The Kier molecular flexibility index (Phi) is 8.53. The van der Waals surface area contributed by atoms with Crippen molar-refractivity contribution in [3.8, 4) is 17.2 Å². The van der Waals surface area contributed by atoms with Gasteiger partial charge in [0.15, 0.2) is 5.75 Å². The van der Waals surface area contributed by atoms with Gasteiger partial charge < -0.3 is 23.7 Å². The molecule has 0 aliphatic carbocycles. The molecular weight excluding hydrogens is 388 g/mol. The Hall–Kier alpha value is -3.22. The van der Waals surface area contributed by atoms with E-state index in [-0.39, 0.29) is 42.9 Å². The van der Waals surface area contributed by atoms with Crippen molar-refractivity contribution in [1.29, 1.82) is 0 Å². The third kappa shape index (κ3) is 6.99. The smallest absolute Gasteiger partial charge is 0.383 e. The van der Waals surface area contributed by atoms with E-state index in [0.29, 0.717) is 11.1 Å². The van der Waals surface area contributed by atoms with Crippen molar-refractivity contribution in [2.45, 2.75) is 40.5 Å². The number of hydrogen-bond donors (Lipinski definition) is 1. The van der Waals surface area contributed by atoms with Gasteiger partial charge in [0.05, 0.1) is 5.39 Å². The normalized spacial score (nSPS) is 11.3. The van der Waals surface area contributed by atoms with Gasteiger partial charge in [-0.05, 0) is 57.9 Å². The summed E-state index contributed by atoms with van der Waals surface area (Å²) in [6, 6.07) is 4.65. The van der Waals surface area contributed by atoms with Crippen molar-refractivity contribution in [1.82, 2.24) is 0 Å². The molecule has 30 heavy (non-hydrogen) atoms. The lowest BCUT2D eigenvalue weighted by molar-refractivity contribution is -0.141. The van der Waals surface area contributed by atoms with Gasteiger partial charge in [-0.1, -0.05) is 17.2 Å². The van der Waals surface area contributed by atoms with Crippen LogP contribution in [0, 0.1) is 0 Å². The number of fused-ring (bicyclic) bond motifs is 1. The van der Waals surface area contributed by atoms with Crippen LogP contribution in [0.1, 0.15) is 40.5 Å². The largest absolute Gasteiger partial charge is 0.504 e. The summed E-state index contributed by atoms with van der Waals surface area (Å²) in [5.74, 6) is -0.505. The van der Waals surface area contributed by atoms with Crippen molar-refractivity contribution < 1.29 is 28.5 Å². The molecule has 0 bridgehead atoms. The maximum atomic E-state index is 12.2. The summed E-state index contributed by atoms with van der Waals surface area (Å²) in [5, 5.41) is 10.8. The van der Waals surface area contributed by atoms with Crippen molar-refractivity contribution in [2.75, 3.05) is 19.8 Å². The minimum absolute atomic E-state index is 0.108. The zero-order valence-corrected chi connectivity index (χ0v) is 17.8. The molecule has 0 radical (unpaired) electrons. The zero-order chi connectivity index (χ0) is 22.1. The lowest BCUT2D eigenvalue weighted by Gasteiger charge is -2.10. The highest BCUT2D eigenvalue weighted by molar-refractivity contribution is 5.86. The molecule has 0 aliphatic rings. The van der Waals surface area contributed by atoms with Gasteiger partial charge in [0, 0.05) is 6.92 Å². The molecule has 162 valence electrons. The van der Waals surface area contributed by atoms with Crippen LogP contribution in [0.2, 0.25) is 0 Å². The molecule has 7 nitrogen and oxygen atoms in total. The third-order valence-corrected chi connectivity index (χ3v) is 4.22. The molecule has 0 aliphatic heterocycles. The maximum Gasteiger partial charge on any atom is 0.383 e. The number of ether oxygens (including phenoxy) is 3. The second-order valence-electron chi connectivity index (χ2n) is 7.10. The summed E-state index contributed by atoms with van der Waals surface area (Å²) in [7, 11) is 0. The summed E-state index contributed by atoms with van der Waals surface area (Å²) in [5.41, 5.74) is 1.86. The molecule has 0 saturated carbocycles. The topological polar surface area (TPSA) is 95.2 Å². The maximum absolute atomic E-state index is 12.2. The predicted molar refractivity (Wildman–Crippen MR) is 114 cm³/mol. The van der Waals surface area contributed by atoms with Crippen molar-refractivity contribution >= 4 is 16.9 Å². The second kappa shape index (κ2) is 11.1. The van der Waals surface area contributed by atoms with Crippen LogP contribution >= 0.6 is 0 Å². The highest BCUT2D eigenvalue weighted by Crippen LogP contribution is 2.33. The SMILES string of the molecule is CC(=O)OCCOc1ccc2oc(=O)c(OCC=C(C)CCC=C(C)C)c(O)c2c1. The number of aromatic hydroxyl groups is 1. The highest BCUT2D eigenvalue weighted by Gasteiger charge is 2.16. The van der Waals surface area contributed by atoms with Gasteiger partial charge >= 0.3 is 11.6 Å². The fraction of sp³-hybridized carbons (Fsp3) is 0.391. The van der Waals surface area contributed by atoms with E-state index in [1.54, 1.807) is 6.07 Å². The van der Waals surface area contributed by atoms with Gasteiger partial charge in [-0.3, -0.25) is 4.79 Å². The Bertz CT molecular complexity index is 995. The summed E-state index contributed by atoms with van der Waals surface area (Å²) < 4.78 is 21.0. The molecule has 1 aromatic carbocycles. The quantitative estimate of drug-likeness (QED) is 0.263. The van der Waals surface area contributed by atoms with Gasteiger partial charge in [-0.25, -0.2) is 4.79 Å². The molecule has 0 saturated heterocycles. The molecule has 0 unspecified atom stereocenters. The van der Waals surface area contributed by atoms with Gasteiger partial charge in [-0.15, -0.1) is 0 Å². The summed E-state index contributed by atoms with van der Waals surface area (Å²) in [4.78, 5) is 23.0. The van der Waals surface area contributed by atoms with Crippen LogP contribution in [0.5, 0.6) is 17.2 Å². The number of carbonyl (C=O) groups is 1. The Labute approximate surface area is 175 Å². The Morgan fingerprint density at radius 3 is 2.57 bits per heavy atom. The van der Waals surface area contributed by atoms with E-state index in [1.165, 1.54) is 24.6 Å². The molecule has 1 N–H and O–H groups in total. The Morgan fingerprint density at radius 2 is 1.87 bits per heavy atom. The monoisotopic (exact) mass is 416 g/mol. The number of hydrogen-bond acceptors (Lipinski definition) is 7. The minimum Gasteiger partial charge on any atom is -0.504 e. The fourth-order valence-electron chi connectivity index (χ4n) is 2.67. The number of allylic oxidation sites excluding steroid dienone is 3. The predicted octanol–water partition coefficient (Wildman–Crippen LogP) is 4.51. The molecular formula is C23H28O7. The molecule has 0 spiro atoms. The lowest BCUT2D eigenvalue weighted by Crippen LogP contribution is -2.10. The molecule has 0 atom stereocenters. The average Bonchev–Trinajstić information content (AvgIpc) is 2.67. The zero-order valence-electron chi connectivity index (χ0n) is 17.8. The standard InChI is InChI=1S/C23H28O7/c1-15(2)6-5-7-16(3)10-11-29-22-21(25)19-14-18(28-13-12-27-17(4)24)8-9-20(19)30-23(22)26/h6,8-10,14,25H,5,7,11-13H2,1-4H3. The van der Waals surface area contributed by atoms with Crippen molar-refractivity contribution in [3.05, 3.63) is 51.9 Å². The second-order valence-corrected chi connectivity index (χ2v) is 7.10. The Balaban J connectivity index is 2.09. The number of carbonyl (C=O) groups excluding carboxylic acids is 1. The van der Waals surface area contributed by atoms with Crippen LogP contribution in [-0.4, -0.2) is 30.9 Å². The van der Waals surface area contributed by atoms with Crippen LogP contribution in [-0.2, 0) is 9.53 Å². The van der Waals surface area contributed by atoms with Gasteiger partial charge in [0.2, 0.25) is 5.75 Å². The van der Waals surface area contributed by atoms with Gasteiger partial charge in [0.25, 0.3) is 0 Å². The van der Waals surface area contributed by atoms with Crippen LogP contribution in [0.4, 0.5) is 0 Å². The Morgan fingerprint density at radius 1 is 1.10 bits per heavy atom. The summed E-state index contributed by atoms with van der Waals surface area (Å²) in [6.07, 6.45) is 5.86. The highest BCUT2D eigenvalue weighted by atomic mass is 16.6. The van der Waals surface area contributed by atoms with Crippen LogP contribution in [0.25, 0.3) is 11.0 Å². The van der Waals surface area contributed by atoms with E-state index in [2.05, 4.69) is 19.9 Å². The minimum atomic E-state index is -0.751. The molecule has 0 fully saturated rings. The van der Waals surface area contributed by atoms with Crippen LogP contribution < -0.4 is 15.1 Å². The first kappa shape index (κ1) is 23.1. The van der Waals surface area contributed by atoms with Crippen LogP contribution in [0.3, 0.4) is 0 Å². The van der Waals surface area contributed by atoms with Crippen molar-refractivity contribution in [2.24, 2.45) is 0 Å². The fourth-order valence-corrected chi connectivity index (χ4v) is 2.67. The van der Waals surface area contributed by atoms with Crippen molar-refractivity contribution in [3.63, 3.8) is 0 Å². The molecule has 1 heterocycles. The molecule has 2 aromatic rings. The third-order valence-electron chi connectivity index (χ3n) is 4.22. The number of rotatable bonds is 10. The first-order valence-corrected chi connectivity index (χ1v) is 9.75. The number of esters is 1. The first-order chi connectivity index (χ1) is 14.3. The van der Waals surface area contributed by atoms with Gasteiger partial charge in [0.1, 0.15) is 31.2 Å². The van der Waals surface area contributed by atoms with E-state index in [0.717, 1.165) is 18.4 Å².